The number of benzene rings is 2. The molecule has 9 nitrogen and oxygen atoms in total. The lowest BCUT2D eigenvalue weighted by atomic mass is 10.1. The Bertz CT molecular complexity index is 1390. The van der Waals surface area contributed by atoms with Crippen LogP contribution in [0, 0.1) is 25.2 Å². The number of anilines is 1. The zero-order valence-corrected chi connectivity index (χ0v) is 21.8. The van der Waals surface area contributed by atoms with Crippen LogP contribution < -0.4 is 14.8 Å². The van der Waals surface area contributed by atoms with E-state index in [2.05, 4.69) is 14.7 Å². The van der Waals surface area contributed by atoms with Crippen LogP contribution in [0.1, 0.15) is 30.0 Å². The summed E-state index contributed by atoms with van der Waals surface area (Å²) in [5.74, 6) is 0.667. The maximum Gasteiger partial charge on any atom is 0.268 e. The molecule has 0 fully saturated rings. The minimum Gasteiger partial charge on any atom is -0.493 e. The Hall–Kier alpha value is -3.75. The maximum absolute atomic E-state index is 12.4. The second-order valence-corrected chi connectivity index (χ2v) is 10.7. The summed E-state index contributed by atoms with van der Waals surface area (Å²) in [7, 11) is -3.58. The number of carbonyl (C=O) groups excluding carboxylic acids is 1. The summed E-state index contributed by atoms with van der Waals surface area (Å²) in [5, 5.41) is 11.5. The fourth-order valence-electron chi connectivity index (χ4n) is 2.95. The van der Waals surface area contributed by atoms with Crippen molar-refractivity contribution in [1.29, 1.82) is 5.26 Å². The van der Waals surface area contributed by atoms with Gasteiger partial charge >= 0.3 is 0 Å². The van der Waals surface area contributed by atoms with Crippen molar-refractivity contribution in [2.45, 2.75) is 32.3 Å². The molecule has 0 atom stereocenters. The minimum absolute atomic E-state index is 0.00142. The minimum atomic E-state index is -3.58. The lowest BCUT2D eigenvalue weighted by molar-refractivity contribution is -0.112. The molecule has 3 aromatic rings. The van der Waals surface area contributed by atoms with Gasteiger partial charge in [0.15, 0.2) is 0 Å². The molecule has 1 heterocycles. The van der Waals surface area contributed by atoms with Crippen molar-refractivity contribution in [3.8, 4) is 17.6 Å². The Morgan fingerprint density at radius 3 is 2.56 bits per heavy atom. The second-order valence-electron chi connectivity index (χ2n) is 7.80. The molecule has 188 valence electrons. The number of aromatic nitrogens is 2. The van der Waals surface area contributed by atoms with Gasteiger partial charge in [0.05, 0.1) is 19.0 Å². The van der Waals surface area contributed by atoms with Crippen LogP contribution in [0.4, 0.5) is 5.13 Å². The van der Waals surface area contributed by atoms with Crippen molar-refractivity contribution in [2.75, 3.05) is 24.3 Å². The monoisotopic (exact) mass is 526 g/mol. The Kier molecular flexibility index (Phi) is 9.16. The molecule has 0 radical (unpaired) electrons. The average molecular weight is 527 g/mol. The number of carbonyl (C=O) groups is 1. The molecule has 0 bridgehead atoms. The zero-order valence-electron chi connectivity index (χ0n) is 20.1. The standard InChI is InChI=1S/C25H26N4O5S2/c1-4-36(31,32)25-28-24(35-29-25)27-23(30)20(16-26)15-19-8-10-21(11-9-19)33-12-5-13-34-22-14-17(2)6-7-18(22)3/h6-11,14-15H,4-5,12-13H2,1-3H3,(H,27,28,29,30). The van der Waals surface area contributed by atoms with Gasteiger partial charge in [0.1, 0.15) is 23.1 Å². The quantitative estimate of drug-likeness (QED) is 0.222. The van der Waals surface area contributed by atoms with Gasteiger partial charge in [0.25, 0.3) is 11.1 Å². The Morgan fingerprint density at radius 2 is 1.86 bits per heavy atom. The highest BCUT2D eigenvalue weighted by molar-refractivity contribution is 7.91. The van der Waals surface area contributed by atoms with Crippen molar-refractivity contribution in [1.82, 2.24) is 9.36 Å². The molecular weight excluding hydrogens is 500 g/mol. The third kappa shape index (κ3) is 7.37. The molecule has 36 heavy (non-hydrogen) atoms. The number of hydrogen-bond donors (Lipinski definition) is 1. The van der Waals surface area contributed by atoms with E-state index in [0.29, 0.717) is 30.9 Å². The SMILES string of the molecule is CCS(=O)(=O)c1nsc(NC(=O)C(C#N)=Cc2ccc(OCCCOc3cc(C)ccc3C)cc2)n1. The third-order valence-corrected chi connectivity index (χ3v) is 7.25. The number of hydrogen-bond acceptors (Lipinski definition) is 9. The fourth-order valence-corrected chi connectivity index (χ4v) is 4.53. The molecule has 2 aromatic carbocycles. The molecule has 0 spiro atoms. The van der Waals surface area contributed by atoms with E-state index in [4.69, 9.17) is 9.47 Å². The highest BCUT2D eigenvalue weighted by atomic mass is 32.2. The first kappa shape index (κ1) is 26.8. The van der Waals surface area contributed by atoms with Crippen molar-refractivity contribution in [3.63, 3.8) is 0 Å². The van der Waals surface area contributed by atoms with Crippen molar-refractivity contribution >= 4 is 38.5 Å². The summed E-state index contributed by atoms with van der Waals surface area (Å²) in [6.07, 6.45) is 2.13. The van der Waals surface area contributed by atoms with E-state index in [1.165, 1.54) is 13.0 Å². The van der Waals surface area contributed by atoms with Crippen molar-refractivity contribution in [2.24, 2.45) is 0 Å². The van der Waals surface area contributed by atoms with E-state index in [9.17, 15) is 18.5 Å². The van der Waals surface area contributed by atoms with Gasteiger partial charge in [-0.3, -0.25) is 10.1 Å². The first-order valence-electron chi connectivity index (χ1n) is 11.1. The lowest BCUT2D eigenvalue weighted by Gasteiger charge is -2.11. The smallest absolute Gasteiger partial charge is 0.268 e. The number of ether oxygens (including phenoxy) is 2. The number of nitrogens with zero attached hydrogens (tertiary/aromatic N) is 3. The lowest BCUT2D eigenvalue weighted by Crippen LogP contribution is -2.13. The molecule has 1 amide bonds. The predicted molar refractivity (Wildman–Crippen MR) is 138 cm³/mol. The van der Waals surface area contributed by atoms with E-state index in [1.807, 2.05) is 38.1 Å². The normalized spacial score (nSPS) is 11.6. The topological polar surface area (TPSA) is 131 Å². The number of amides is 1. The van der Waals surface area contributed by atoms with Crippen molar-refractivity contribution < 1.29 is 22.7 Å². The molecule has 0 aliphatic rings. The van der Waals surface area contributed by atoms with Crippen molar-refractivity contribution in [3.05, 3.63) is 64.7 Å². The van der Waals surface area contributed by atoms with Crippen LogP contribution in [0.25, 0.3) is 6.08 Å². The Balaban J connectivity index is 1.51. The summed E-state index contributed by atoms with van der Waals surface area (Å²) in [6, 6.07) is 14.9. The van der Waals surface area contributed by atoms with Crippen LogP contribution in [0.15, 0.2) is 53.2 Å². The van der Waals surface area contributed by atoms with Crippen LogP contribution in [0.5, 0.6) is 11.5 Å². The van der Waals surface area contributed by atoms with E-state index >= 15 is 0 Å². The number of rotatable bonds is 11. The Labute approximate surface area is 214 Å². The molecular formula is C25H26N4O5S2. The molecule has 0 saturated heterocycles. The van der Waals surface area contributed by atoms with Crippen LogP contribution in [0.3, 0.4) is 0 Å². The maximum atomic E-state index is 12.4. The van der Waals surface area contributed by atoms with E-state index < -0.39 is 15.7 Å². The fraction of sp³-hybridized carbons (Fsp3) is 0.280. The van der Waals surface area contributed by atoms with E-state index in [-0.39, 0.29) is 21.6 Å². The summed E-state index contributed by atoms with van der Waals surface area (Å²) < 4.78 is 39.0. The van der Waals surface area contributed by atoms with Gasteiger partial charge < -0.3 is 9.47 Å². The highest BCUT2D eigenvalue weighted by Gasteiger charge is 2.20. The number of nitriles is 1. The van der Waals surface area contributed by atoms with Gasteiger partial charge in [-0.15, -0.1) is 0 Å². The van der Waals surface area contributed by atoms with Gasteiger partial charge in [-0.05, 0) is 54.8 Å². The second kappa shape index (κ2) is 12.3. The first-order valence-corrected chi connectivity index (χ1v) is 13.6. The summed E-state index contributed by atoms with van der Waals surface area (Å²) >= 11 is 0.733. The third-order valence-electron chi connectivity index (χ3n) is 5.00. The summed E-state index contributed by atoms with van der Waals surface area (Å²) in [5.41, 5.74) is 2.70. The molecule has 11 heteroatoms. The van der Waals surface area contributed by atoms with E-state index in [0.717, 1.165) is 28.4 Å². The molecule has 0 aliphatic carbocycles. The predicted octanol–water partition coefficient (Wildman–Crippen LogP) is 4.34. The van der Waals surface area contributed by atoms with Crippen LogP contribution in [-0.4, -0.2) is 42.6 Å². The Morgan fingerprint density at radius 1 is 1.14 bits per heavy atom. The van der Waals surface area contributed by atoms with Gasteiger partial charge in [0, 0.05) is 18.0 Å². The molecule has 1 aromatic heterocycles. The van der Waals surface area contributed by atoms with Gasteiger partial charge in [0.2, 0.25) is 15.0 Å². The van der Waals surface area contributed by atoms with Gasteiger partial charge in [-0.1, -0.05) is 31.2 Å². The van der Waals surface area contributed by atoms with Gasteiger partial charge in [-0.2, -0.15) is 14.6 Å². The molecule has 0 unspecified atom stereocenters. The van der Waals surface area contributed by atoms with E-state index in [1.54, 1.807) is 24.3 Å². The zero-order chi connectivity index (χ0) is 26.1. The average Bonchev–Trinajstić information content (AvgIpc) is 3.34. The van der Waals surface area contributed by atoms with Gasteiger partial charge in [-0.25, -0.2) is 8.42 Å². The van der Waals surface area contributed by atoms with Crippen LogP contribution >= 0.6 is 11.5 Å². The van der Waals surface area contributed by atoms with Crippen LogP contribution in [0.2, 0.25) is 0 Å². The number of nitrogens with one attached hydrogen (secondary N) is 1. The molecule has 0 aliphatic heterocycles. The summed E-state index contributed by atoms with van der Waals surface area (Å²) in [4.78, 5) is 16.3. The number of aryl methyl sites for hydroxylation is 2. The molecule has 1 N–H and O–H groups in total. The van der Waals surface area contributed by atoms with Crippen LogP contribution in [-0.2, 0) is 14.6 Å². The largest absolute Gasteiger partial charge is 0.493 e. The first-order chi connectivity index (χ1) is 17.2. The number of sulfone groups is 1. The highest BCUT2D eigenvalue weighted by Crippen LogP contribution is 2.20. The molecule has 3 rings (SSSR count). The summed E-state index contributed by atoms with van der Waals surface area (Å²) in [6.45, 7) is 6.52. The molecule has 0 saturated carbocycles.